The van der Waals surface area contributed by atoms with Crippen LogP contribution >= 0.6 is 11.3 Å². The van der Waals surface area contributed by atoms with Crippen molar-refractivity contribution in [1.29, 1.82) is 0 Å². The van der Waals surface area contributed by atoms with E-state index in [9.17, 15) is 9.90 Å². The van der Waals surface area contributed by atoms with E-state index >= 15 is 0 Å². The average Bonchev–Trinajstić information content (AvgIpc) is 3.28. The molecule has 1 saturated heterocycles. The van der Waals surface area contributed by atoms with Gasteiger partial charge >= 0.3 is 0 Å². The molecule has 1 aliphatic heterocycles. The molecule has 4 rings (SSSR count). The standard InChI is InChI=1S/C17H17N5O2S/c23-12-3-6-22(10-12)16(24)14-15-13(4-7-25-15)20-17(21-14)19-9-11-2-1-5-18-8-11/h1-2,4-5,7-8,12,23H,3,6,9-10H2,(H,19,20,21). The normalized spacial score (nSPS) is 17.2. The Labute approximate surface area is 148 Å². The van der Waals surface area contributed by atoms with E-state index in [1.54, 1.807) is 17.3 Å². The molecule has 1 aliphatic rings. The van der Waals surface area contributed by atoms with Gasteiger partial charge in [0, 0.05) is 32.0 Å². The largest absolute Gasteiger partial charge is 0.391 e. The number of amides is 1. The van der Waals surface area contributed by atoms with Gasteiger partial charge in [-0.1, -0.05) is 6.07 Å². The van der Waals surface area contributed by atoms with E-state index in [1.807, 2.05) is 23.6 Å². The van der Waals surface area contributed by atoms with Crippen LogP contribution in [0.1, 0.15) is 22.5 Å². The maximum Gasteiger partial charge on any atom is 0.274 e. The van der Waals surface area contributed by atoms with Crippen molar-refractivity contribution in [2.45, 2.75) is 19.1 Å². The van der Waals surface area contributed by atoms with Crippen LogP contribution in [0.3, 0.4) is 0 Å². The summed E-state index contributed by atoms with van der Waals surface area (Å²) in [5.74, 6) is 0.258. The first-order chi connectivity index (χ1) is 12.2. The number of aliphatic hydroxyl groups excluding tert-OH is 1. The second-order valence-electron chi connectivity index (χ2n) is 5.94. The van der Waals surface area contributed by atoms with E-state index in [0.29, 0.717) is 37.7 Å². The lowest BCUT2D eigenvalue weighted by molar-refractivity contribution is 0.0761. The summed E-state index contributed by atoms with van der Waals surface area (Å²) >= 11 is 1.45. The SMILES string of the molecule is O=C(c1nc(NCc2cccnc2)nc2ccsc12)N1CCC(O)C1. The number of fused-ring (bicyclic) bond motifs is 1. The highest BCUT2D eigenvalue weighted by Gasteiger charge is 2.28. The highest BCUT2D eigenvalue weighted by molar-refractivity contribution is 7.17. The van der Waals surface area contributed by atoms with Crippen molar-refractivity contribution in [3.8, 4) is 0 Å². The highest BCUT2D eigenvalue weighted by atomic mass is 32.1. The van der Waals surface area contributed by atoms with Crippen LogP contribution in [0.15, 0.2) is 36.0 Å². The number of hydrogen-bond acceptors (Lipinski definition) is 7. The zero-order valence-electron chi connectivity index (χ0n) is 13.4. The van der Waals surface area contributed by atoms with E-state index in [2.05, 4.69) is 20.3 Å². The molecule has 0 aliphatic carbocycles. The fourth-order valence-electron chi connectivity index (χ4n) is 2.85. The molecule has 0 spiro atoms. The quantitative estimate of drug-likeness (QED) is 0.743. The van der Waals surface area contributed by atoms with Gasteiger partial charge in [-0.15, -0.1) is 11.3 Å². The van der Waals surface area contributed by atoms with Crippen LogP contribution < -0.4 is 5.32 Å². The molecule has 2 N–H and O–H groups in total. The van der Waals surface area contributed by atoms with Gasteiger partial charge in [0.2, 0.25) is 5.95 Å². The fraction of sp³-hybridized carbons (Fsp3) is 0.294. The molecule has 4 heterocycles. The minimum atomic E-state index is -0.451. The Bertz CT molecular complexity index is 898. The molecule has 0 aromatic carbocycles. The Morgan fingerprint density at radius 3 is 3.08 bits per heavy atom. The minimum Gasteiger partial charge on any atom is -0.391 e. The molecule has 3 aromatic rings. The molecule has 1 atom stereocenters. The molecule has 7 nitrogen and oxygen atoms in total. The van der Waals surface area contributed by atoms with Crippen LogP contribution in [0.4, 0.5) is 5.95 Å². The minimum absolute atomic E-state index is 0.157. The average molecular weight is 355 g/mol. The summed E-state index contributed by atoms with van der Waals surface area (Å²) in [5, 5.41) is 14.8. The number of aromatic nitrogens is 3. The number of aliphatic hydroxyl groups is 1. The topological polar surface area (TPSA) is 91.2 Å². The maximum absolute atomic E-state index is 12.8. The van der Waals surface area contributed by atoms with Crippen LogP contribution in [0.2, 0.25) is 0 Å². The smallest absolute Gasteiger partial charge is 0.274 e. The molecule has 8 heteroatoms. The molecule has 128 valence electrons. The molecule has 0 bridgehead atoms. The molecule has 1 unspecified atom stereocenters. The third-order valence-electron chi connectivity index (χ3n) is 4.13. The van der Waals surface area contributed by atoms with Crippen LogP contribution in [-0.4, -0.2) is 50.1 Å². The monoisotopic (exact) mass is 355 g/mol. The summed E-state index contributed by atoms with van der Waals surface area (Å²) < 4.78 is 0.776. The second kappa shape index (κ2) is 6.73. The lowest BCUT2D eigenvalue weighted by atomic mass is 10.3. The zero-order chi connectivity index (χ0) is 17.2. The van der Waals surface area contributed by atoms with Crippen molar-refractivity contribution in [3.63, 3.8) is 0 Å². The predicted octanol–water partition coefficient (Wildman–Crippen LogP) is 1.91. The van der Waals surface area contributed by atoms with Crippen molar-refractivity contribution in [2.24, 2.45) is 0 Å². The van der Waals surface area contributed by atoms with Gasteiger partial charge in [-0.05, 0) is 29.5 Å². The Morgan fingerprint density at radius 1 is 1.40 bits per heavy atom. The van der Waals surface area contributed by atoms with Crippen LogP contribution in [0.5, 0.6) is 0 Å². The molecule has 0 saturated carbocycles. The number of thiophene rings is 1. The van der Waals surface area contributed by atoms with E-state index < -0.39 is 6.10 Å². The summed E-state index contributed by atoms with van der Waals surface area (Å²) in [6.45, 7) is 1.43. The lowest BCUT2D eigenvalue weighted by Gasteiger charge is -2.16. The molecule has 1 fully saturated rings. The van der Waals surface area contributed by atoms with Crippen LogP contribution in [-0.2, 0) is 6.54 Å². The van der Waals surface area contributed by atoms with Gasteiger partial charge in [-0.3, -0.25) is 9.78 Å². The Kier molecular flexibility index (Phi) is 4.29. The summed E-state index contributed by atoms with van der Waals surface area (Å²) in [5.41, 5.74) is 2.15. The number of β-amino-alcohol motifs (C(OH)–C–C–N with tert-alkyl or cyclic N) is 1. The van der Waals surface area contributed by atoms with E-state index in [1.165, 1.54) is 11.3 Å². The first kappa shape index (κ1) is 15.9. The van der Waals surface area contributed by atoms with Gasteiger partial charge in [0.05, 0.1) is 16.3 Å². The number of nitrogens with zero attached hydrogens (tertiary/aromatic N) is 4. The number of hydrogen-bond donors (Lipinski definition) is 2. The van der Waals surface area contributed by atoms with Gasteiger partial charge in [0.25, 0.3) is 5.91 Å². The third-order valence-corrected chi connectivity index (χ3v) is 5.04. The van der Waals surface area contributed by atoms with Crippen LogP contribution in [0.25, 0.3) is 10.2 Å². The Balaban J connectivity index is 1.62. The van der Waals surface area contributed by atoms with Gasteiger partial charge in [-0.2, -0.15) is 0 Å². The first-order valence-corrected chi connectivity index (χ1v) is 8.94. The summed E-state index contributed by atoms with van der Waals surface area (Å²) in [4.78, 5) is 27.5. The Morgan fingerprint density at radius 2 is 2.32 bits per heavy atom. The number of pyridine rings is 1. The van der Waals surface area contributed by atoms with Gasteiger partial charge in [0.1, 0.15) is 0 Å². The highest BCUT2D eigenvalue weighted by Crippen LogP contribution is 2.26. The molecular weight excluding hydrogens is 338 g/mol. The number of rotatable bonds is 4. The maximum atomic E-state index is 12.8. The van der Waals surface area contributed by atoms with Crippen molar-refractivity contribution < 1.29 is 9.90 Å². The lowest BCUT2D eigenvalue weighted by Crippen LogP contribution is -2.30. The number of carbonyl (C=O) groups excluding carboxylic acids is 1. The predicted molar refractivity (Wildman–Crippen MR) is 95.5 cm³/mol. The number of likely N-dealkylation sites (tertiary alicyclic amines) is 1. The molecule has 1 amide bonds. The number of nitrogens with one attached hydrogen (secondary N) is 1. The zero-order valence-corrected chi connectivity index (χ0v) is 14.2. The van der Waals surface area contributed by atoms with Crippen molar-refractivity contribution >= 4 is 33.4 Å². The summed E-state index contributed by atoms with van der Waals surface area (Å²) in [6.07, 6.45) is 3.65. The van der Waals surface area contributed by atoms with Gasteiger partial charge in [-0.25, -0.2) is 9.97 Å². The van der Waals surface area contributed by atoms with Gasteiger partial charge < -0.3 is 15.3 Å². The second-order valence-corrected chi connectivity index (χ2v) is 6.86. The van der Waals surface area contributed by atoms with Crippen molar-refractivity contribution in [3.05, 3.63) is 47.2 Å². The van der Waals surface area contributed by atoms with E-state index in [4.69, 9.17) is 0 Å². The molecule has 3 aromatic heterocycles. The van der Waals surface area contributed by atoms with E-state index in [0.717, 1.165) is 15.8 Å². The molecular formula is C17H17N5O2S. The molecule has 0 radical (unpaired) electrons. The Hall–Kier alpha value is -2.58. The number of carbonyl (C=O) groups is 1. The summed E-state index contributed by atoms with van der Waals surface area (Å²) in [7, 11) is 0. The van der Waals surface area contributed by atoms with Crippen LogP contribution in [0, 0.1) is 0 Å². The third kappa shape index (κ3) is 3.31. The number of anilines is 1. The van der Waals surface area contributed by atoms with E-state index in [-0.39, 0.29) is 5.91 Å². The van der Waals surface area contributed by atoms with Crippen molar-refractivity contribution in [1.82, 2.24) is 19.9 Å². The van der Waals surface area contributed by atoms with Crippen molar-refractivity contribution in [2.75, 3.05) is 18.4 Å². The van der Waals surface area contributed by atoms with Gasteiger partial charge in [0.15, 0.2) is 5.69 Å². The first-order valence-electron chi connectivity index (χ1n) is 8.06. The molecule has 25 heavy (non-hydrogen) atoms. The summed E-state index contributed by atoms with van der Waals surface area (Å²) in [6, 6.07) is 5.71. The fourth-order valence-corrected chi connectivity index (χ4v) is 3.66.